The quantitative estimate of drug-likeness (QED) is 0.215. The average Bonchev–Trinajstić information content (AvgIpc) is 2.86. The SMILES string of the molecule is CCc1cc(=O)oc2c(C)c(OC(=O)[C@H](Cc3ccccc3)NS(=O)(=O)c3ccc(C)cc3)ccc12. The van der Waals surface area contributed by atoms with E-state index in [-0.39, 0.29) is 17.1 Å². The first-order chi connectivity index (χ1) is 17.2. The van der Waals surface area contributed by atoms with Gasteiger partial charge < -0.3 is 9.15 Å². The molecule has 0 spiro atoms. The van der Waals surface area contributed by atoms with E-state index in [9.17, 15) is 18.0 Å². The van der Waals surface area contributed by atoms with Crippen molar-refractivity contribution in [2.75, 3.05) is 0 Å². The molecule has 0 saturated heterocycles. The second kappa shape index (κ2) is 10.5. The van der Waals surface area contributed by atoms with Crippen LogP contribution in [0.25, 0.3) is 11.0 Å². The Balaban J connectivity index is 1.67. The molecular formula is C28H27NO6S. The minimum atomic E-state index is -4.00. The molecule has 7 nitrogen and oxygen atoms in total. The van der Waals surface area contributed by atoms with E-state index in [0.29, 0.717) is 17.6 Å². The van der Waals surface area contributed by atoms with Gasteiger partial charge in [-0.25, -0.2) is 18.0 Å². The molecule has 0 fully saturated rings. The van der Waals surface area contributed by atoms with Gasteiger partial charge in [-0.15, -0.1) is 0 Å². The van der Waals surface area contributed by atoms with Gasteiger partial charge in [0.15, 0.2) is 0 Å². The van der Waals surface area contributed by atoms with Gasteiger partial charge in [0.25, 0.3) is 0 Å². The van der Waals surface area contributed by atoms with Crippen molar-refractivity contribution >= 4 is 27.0 Å². The van der Waals surface area contributed by atoms with E-state index in [1.54, 1.807) is 31.2 Å². The van der Waals surface area contributed by atoms with Crippen molar-refractivity contribution in [2.24, 2.45) is 0 Å². The summed E-state index contributed by atoms with van der Waals surface area (Å²) < 4.78 is 39.7. The van der Waals surface area contributed by atoms with Crippen molar-refractivity contribution in [3.8, 4) is 5.75 Å². The Morgan fingerprint density at radius 1 is 1.00 bits per heavy atom. The zero-order valence-corrected chi connectivity index (χ0v) is 21.1. The van der Waals surface area contributed by atoms with E-state index < -0.39 is 27.7 Å². The number of hydrogen-bond donors (Lipinski definition) is 1. The first kappa shape index (κ1) is 25.3. The summed E-state index contributed by atoms with van der Waals surface area (Å²) in [4.78, 5) is 25.4. The lowest BCUT2D eigenvalue weighted by molar-refractivity contribution is -0.136. The molecule has 36 heavy (non-hydrogen) atoms. The van der Waals surface area contributed by atoms with E-state index in [4.69, 9.17) is 9.15 Å². The summed E-state index contributed by atoms with van der Waals surface area (Å²) in [5, 5.41) is 0.760. The van der Waals surface area contributed by atoms with E-state index in [1.165, 1.54) is 18.2 Å². The first-order valence-electron chi connectivity index (χ1n) is 11.6. The van der Waals surface area contributed by atoms with Gasteiger partial charge >= 0.3 is 11.6 Å². The van der Waals surface area contributed by atoms with Crippen LogP contribution in [0.2, 0.25) is 0 Å². The number of nitrogens with one attached hydrogen (secondary N) is 1. The second-order valence-electron chi connectivity index (χ2n) is 8.61. The van der Waals surface area contributed by atoms with Crippen molar-refractivity contribution in [1.82, 2.24) is 4.72 Å². The summed E-state index contributed by atoms with van der Waals surface area (Å²) in [5.74, 6) is -0.581. The van der Waals surface area contributed by atoms with Crippen LogP contribution in [0.15, 0.2) is 86.9 Å². The smallest absolute Gasteiger partial charge is 0.336 e. The number of aryl methyl sites for hydroxylation is 3. The summed E-state index contributed by atoms with van der Waals surface area (Å²) >= 11 is 0. The highest BCUT2D eigenvalue weighted by Gasteiger charge is 2.28. The third kappa shape index (κ3) is 5.56. The van der Waals surface area contributed by atoms with Crippen LogP contribution in [0.4, 0.5) is 0 Å². The van der Waals surface area contributed by atoms with E-state index in [2.05, 4.69) is 4.72 Å². The van der Waals surface area contributed by atoms with Gasteiger partial charge in [0.1, 0.15) is 17.4 Å². The summed E-state index contributed by atoms with van der Waals surface area (Å²) in [7, 11) is -4.00. The maximum Gasteiger partial charge on any atom is 0.336 e. The fourth-order valence-electron chi connectivity index (χ4n) is 3.99. The number of ether oxygens (including phenoxy) is 1. The number of fused-ring (bicyclic) bond motifs is 1. The maximum atomic E-state index is 13.3. The Bertz CT molecular complexity index is 1560. The van der Waals surface area contributed by atoms with Crippen LogP contribution >= 0.6 is 0 Å². The zero-order chi connectivity index (χ0) is 25.9. The van der Waals surface area contributed by atoms with Gasteiger partial charge in [-0.1, -0.05) is 55.0 Å². The van der Waals surface area contributed by atoms with Crippen molar-refractivity contribution in [3.05, 3.63) is 105 Å². The number of carbonyl (C=O) groups excluding carboxylic acids is 1. The van der Waals surface area contributed by atoms with Crippen LogP contribution in [0.1, 0.15) is 29.2 Å². The Kier molecular flexibility index (Phi) is 7.37. The molecule has 0 aliphatic rings. The number of sulfonamides is 1. The highest BCUT2D eigenvalue weighted by atomic mass is 32.2. The molecule has 1 atom stereocenters. The van der Waals surface area contributed by atoms with Crippen LogP contribution in [-0.2, 0) is 27.7 Å². The maximum absolute atomic E-state index is 13.3. The van der Waals surface area contributed by atoms with Gasteiger partial charge in [0, 0.05) is 17.0 Å². The normalized spacial score (nSPS) is 12.4. The van der Waals surface area contributed by atoms with E-state index in [1.807, 2.05) is 44.2 Å². The molecule has 186 valence electrons. The Morgan fingerprint density at radius 2 is 1.69 bits per heavy atom. The number of carbonyl (C=O) groups is 1. The molecule has 0 radical (unpaired) electrons. The molecule has 4 rings (SSSR count). The van der Waals surface area contributed by atoms with Crippen LogP contribution < -0.4 is 15.1 Å². The average molecular weight is 506 g/mol. The summed E-state index contributed by atoms with van der Waals surface area (Å²) in [6.07, 6.45) is 0.729. The topological polar surface area (TPSA) is 103 Å². The number of esters is 1. The van der Waals surface area contributed by atoms with Crippen LogP contribution in [0, 0.1) is 13.8 Å². The third-order valence-corrected chi connectivity index (χ3v) is 7.47. The lowest BCUT2D eigenvalue weighted by Gasteiger charge is -2.19. The van der Waals surface area contributed by atoms with Gasteiger partial charge in [-0.2, -0.15) is 4.72 Å². The fourth-order valence-corrected chi connectivity index (χ4v) is 5.17. The van der Waals surface area contributed by atoms with Gasteiger partial charge in [-0.05, 0) is 62.1 Å². The van der Waals surface area contributed by atoms with E-state index in [0.717, 1.165) is 22.1 Å². The molecular weight excluding hydrogens is 478 g/mol. The molecule has 0 amide bonds. The van der Waals surface area contributed by atoms with Crippen LogP contribution in [0.5, 0.6) is 5.75 Å². The molecule has 1 aromatic heterocycles. The molecule has 1 N–H and O–H groups in total. The minimum absolute atomic E-state index is 0.0507. The monoisotopic (exact) mass is 505 g/mol. The number of benzene rings is 3. The van der Waals surface area contributed by atoms with Gasteiger partial charge in [-0.3, -0.25) is 0 Å². The minimum Gasteiger partial charge on any atom is -0.425 e. The van der Waals surface area contributed by atoms with Crippen molar-refractivity contribution < 1.29 is 22.4 Å². The molecule has 1 heterocycles. The Labute approximate surface area is 209 Å². The zero-order valence-electron chi connectivity index (χ0n) is 20.3. The van der Waals surface area contributed by atoms with Gasteiger partial charge in [0.05, 0.1) is 4.90 Å². The largest absolute Gasteiger partial charge is 0.425 e. The summed E-state index contributed by atoms with van der Waals surface area (Å²) in [6.45, 7) is 5.48. The lowest BCUT2D eigenvalue weighted by Crippen LogP contribution is -2.44. The fraction of sp³-hybridized carbons (Fsp3) is 0.214. The molecule has 0 unspecified atom stereocenters. The molecule has 3 aromatic carbocycles. The molecule has 0 saturated carbocycles. The predicted octanol–water partition coefficient (Wildman–Crippen LogP) is 4.47. The van der Waals surface area contributed by atoms with Crippen molar-refractivity contribution in [1.29, 1.82) is 0 Å². The first-order valence-corrected chi connectivity index (χ1v) is 13.1. The molecule has 0 aliphatic carbocycles. The van der Waals surface area contributed by atoms with Crippen LogP contribution in [-0.4, -0.2) is 20.4 Å². The highest BCUT2D eigenvalue weighted by molar-refractivity contribution is 7.89. The number of hydrogen-bond acceptors (Lipinski definition) is 6. The lowest BCUT2D eigenvalue weighted by atomic mass is 10.0. The summed E-state index contributed by atoms with van der Waals surface area (Å²) in [6, 6.07) is 19.1. The standard InChI is InChI=1S/C28H27NO6S/c1-4-21-17-26(30)35-27-19(3)25(15-14-23(21)27)34-28(31)24(16-20-8-6-5-7-9-20)29-36(32,33)22-12-10-18(2)11-13-22/h5-15,17,24,29H,4,16H2,1-3H3/t24-/m0/s1. The molecule has 0 aliphatic heterocycles. The van der Waals surface area contributed by atoms with E-state index >= 15 is 0 Å². The third-order valence-electron chi connectivity index (χ3n) is 5.98. The van der Waals surface area contributed by atoms with Crippen molar-refractivity contribution in [3.63, 3.8) is 0 Å². The molecule has 8 heteroatoms. The Morgan fingerprint density at radius 3 is 2.36 bits per heavy atom. The predicted molar refractivity (Wildman–Crippen MR) is 138 cm³/mol. The van der Waals surface area contributed by atoms with Gasteiger partial charge in [0.2, 0.25) is 10.0 Å². The molecule has 0 bridgehead atoms. The number of rotatable bonds is 8. The van der Waals surface area contributed by atoms with Crippen molar-refractivity contribution in [2.45, 2.75) is 44.6 Å². The highest BCUT2D eigenvalue weighted by Crippen LogP contribution is 2.29. The Hall–Kier alpha value is -3.75. The second-order valence-corrected chi connectivity index (χ2v) is 10.3. The van der Waals surface area contributed by atoms with Crippen LogP contribution in [0.3, 0.4) is 0 Å². The summed E-state index contributed by atoms with van der Waals surface area (Å²) in [5.41, 5.74) is 2.84. The molecule has 4 aromatic rings.